The molecule has 13 heavy (non-hydrogen) atoms. The van der Waals surface area contributed by atoms with Gasteiger partial charge in [0.1, 0.15) is 0 Å². The van der Waals surface area contributed by atoms with Crippen LogP contribution in [0.1, 0.15) is 32.6 Å². The maximum atomic E-state index is 5.58. The van der Waals surface area contributed by atoms with Gasteiger partial charge in [-0.3, -0.25) is 0 Å². The first-order valence-electron chi connectivity index (χ1n) is 5.26. The van der Waals surface area contributed by atoms with E-state index in [9.17, 15) is 0 Å². The Kier molecular flexibility index (Phi) is 13.2. The Hall–Kier alpha value is 0.600. The highest BCUT2D eigenvalue weighted by molar-refractivity contribution is 7.99. The lowest BCUT2D eigenvalue weighted by molar-refractivity contribution is 0.614. The molecule has 0 rings (SSSR count). The fourth-order valence-electron chi connectivity index (χ4n) is 1.11. The van der Waals surface area contributed by atoms with Gasteiger partial charge in [-0.2, -0.15) is 11.8 Å². The third-order valence-electron chi connectivity index (χ3n) is 1.86. The number of nitrogens with one attached hydrogen (secondary N) is 1. The smallest absolute Gasteiger partial charge is 0.0223 e. The van der Waals surface area contributed by atoms with E-state index in [1.165, 1.54) is 43.7 Å². The summed E-state index contributed by atoms with van der Waals surface area (Å²) in [5, 5.41) is 3.44. The second kappa shape index (κ2) is 12.6. The summed E-state index contributed by atoms with van der Waals surface area (Å²) >= 11 is 7.58. The van der Waals surface area contributed by atoms with E-state index in [1.54, 1.807) is 0 Å². The second-order valence-corrected chi connectivity index (χ2v) is 4.82. The van der Waals surface area contributed by atoms with E-state index in [1.807, 2.05) is 11.8 Å². The van der Waals surface area contributed by atoms with Crippen LogP contribution in [0.5, 0.6) is 0 Å². The van der Waals surface area contributed by atoms with Crippen LogP contribution in [0.15, 0.2) is 0 Å². The van der Waals surface area contributed by atoms with Gasteiger partial charge in [0.15, 0.2) is 0 Å². The Morgan fingerprint density at radius 3 is 2.54 bits per heavy atom. The molecule has 0 aromatic rings. The summed E-state index contributed by atoms with van der Waals surface area (Å²) in [6.45, 7) is 4.54. The van der Waals surface area contributed by atoms with Crippen LogP contribution in [0.3, 0.4) is 0 Å². The highest BCUT2D eigenvalue weighted by Gasteiger charge is 1.89. The average molecular weight is 224 g/mol. The van der Waals surface area contributed by atoms with Crippen molar-refractivity contribution in [3.05, 3.63) is 0 Å². The van der Waals surface area contributed by atoms with E-state index < -0.39 is 0 Å². The quantitative estimate of drug-likeness (QED) is 0.451. The lowest BCUT2D eigenvalue weighted by Gasteiger charge is -2.03. The molecule has 0 atom stereocenters. The fourth-order valence-corrected chi connectivity index (χ4v) is 1.88. The Balaban J connectivity index is 2.76. The highest BCUT2D eigenvalue weighted by atomic mass is 35.5. The number of halogens is 1. The summed E-state index contributed by atoms with van der Waals surface area (Å²) in [4.78, 5) is 0. The number of rotatable bonds is 10. The molecule has 3 heteroatoms. The Morgan fingerprint density at radius 2 is 1.85 bits per heavy atom. The fraction of sp³-hybridized carbons (Fsp3) is 1.00. The standard InChI is InChI=1S/C10H22ClNS/c1-2-13-10-9-12-8-6-4-3-5-7-11/h12H,2-10H2,1H3. The van der Waals surface area contributed by atoms with Gasteiger partial charge in [0, 0.05) is 18.2 Å². The van der Waals surface area contributed by atoms with Crippen molar-refractivity contribution in [1.29, 1.82) is 0 Å². The average Bonchev–Trinajstić information content (AvgIpc) is 2.16. The number of unbranched alkanes of at least 4 members (excludes halogenated alkanes) is 3. The van der Waals surface area contributed by atoms with Crippen molar-refractivity contribution in [1.82, 2.24) is 5.32 Å². The van der Waals surface area contributed by atoms with Crippen LogP contribution in [-0.2, 0) is 0 Å². The topological polar surface area (TPSA) is 12.0 Å². The Morgan fingerprint density at radius 1 is 1.08 bits per heavy atom. The molecular formula is C10H22ClNS. The van der Waals surface area contributed by atoms with Crippen molar-refractivity contribution in [2.75, 3.05) is 30.5 Å². The van der Waals surface area contributed by atoms with Crippen LogP contribution >= 0.6 is 23.4 Å². The molecule has 0 aliphatic heterocycles. The minimum Gasteiger partial charge on any atom is -0.316 e. The molecule has 1 N–H and O–H groups in total. The summed E-state index contributed by atoms with van der Waals surface area (Å²) in [5.41, 5.74) is 0. The number of hydrogen-bond donors (Lipinski definition) is 1. The molecule has 0 aromatic heterocycles. The molecule has 0 amide bonds. The molecule has 0 radical (unpaired) electrons. The maximum absolute atomic E-state index is 5.58. The minimum absolute atomic E-state index is 0.820. The summed E-state index contributed by atoms with van der Waals surface area (Å²) in [6.07, 6.45) is 5.08. The van der Waals surface area contributed by atoms with Crippen LogP contribution in [-0.4, -0.2) is 30.5 Å². The molecule has 0 unspecified atom stereocenters. The zero-order valence-electron chi connectivity index (χ0n) is 8.65. The largest absolute Gasteiger partial charge is 0.316 e. The SMILES string of the molecule is CCSCCNCCCCCCCl. The zero-order chi connectivity index (χ0) is 9.78. The van der Waals surface area contributed by atoms with Gasteiger partial charge in [0.2, 0.25) is 0 Å². The lowest BCUT2D eigenvalue weighted by Crippen LogP contribution is -2.18. The predicted octanol–water partition coefficient (Wildman–Crippen LogP) is 3.13. The Bertz CT molecular complexity index is 81.0. The van der Waals surface area contributed by atoms with Crippen molar-refractivity contribution in [2.24, 2.45) is 0 Å². The maximum Gasteiger partial charge on any atom is 0.0223 e. The molecule has 0 fully saturated rings. The minimum atomic E-state index is 0.820. The lowest BCUT2D eigenvalue weighted by atomic mass is 10.2. The van der Waals surface area contributed by atoms with E-state index in [4.69, 9.17) is 11.6 Å². The summed E-state index contributed by atoms with van der Waals surface area (Å²) in [7, 11) is 0. The molecule has 0 heterocycles. The van der Waals surface area contributed by atoms with Crippen LogP contribution in [0.2, 0.25) is 0 Å². The molecule has 0 bridgehead atoms. The molecule has 1 nitrogen and oxygen atoms in total. The molecule has 0 aliphatic carbocycles. The van der Waals surface area contributed by atoms with Gasteiger partial charge in [-0.1, -0.05) is 19.8 Å². The van der Waals surface area contributed by atoms with Gasteiger partial charge in [0.25, 0.3) is 0 Å². The van der Waals surface area contributed by atoms with Crippen molar-refractivity contribution < 1.29 is 0 Å². The molecular weight excluding hydrogens is 202 g/mol. The summed E-state index contributed by atoms with van der Waals surface area (Å²) < 4.78 is 0. The zero-order valence-corrected chi connectivity index (χ0v) is 10.2. The van der Waals surface area contributed by atoms with Crippen LogP contribution in [0.4, 0.5) is 0 Å². The second-order valence-electron chi connectivity index (χ2n) is 3.05. The van der Waals surface area contributed by atoms with Gasteiger partial charge >= 0.3 is 0 Å². The van der Waals surface area contributed by atoms with E-state index in [-0.39, 0.29) is 0 Å². The molecule has 80 valence electrons. The van der Waals surface area contributed by atoms with E-state index in [2.05, 4.69) is 12.2 Å². The van der Waals surface area contributed by atoms with Gasteiger partial charge in [-0.15, -0.1) is 11.6 Å². The van der Waals surface area contributed by atoms with Crippen molar-refractivity contribution in [3.8, 4) is 0 Å². The molecule has 0 saturated heterocycles. The van der Waals surface area contributed by atoms with Gasteiger partial charge in [-0.25, -0.2) is 0 Å². The van der Waals surface area contributed by atoms with Gasteiger partial charge in [0.05, 0.1) is 0 Å². The third-order valence-corrected chi connectivity index (χ3v) is 3.03. The molecule has 0 spiro atoms. The number of alkyl halides is 1. The highest BCUT2D eigenvalue weighted by Crippen LogP contribution is 2.00. The van der Waals surface area contributed by atoms with Crippen molar-refractivity contribution >= 4 is 23.4 Å². The number of thioether (sulfide) groups is 1. The van der Waals surface area contributed by atoms with Gasteiger partial charge in [-0.05, 0) is 25.1 Å². The first-order valence-corrected chi connectivity index (χ1v) is 6.95. The summed E-state index contributed by atoms with van der Waals surface area (Å²) in [5.74, 6) is 3.30. The third kappa shape index (κ3) is 12.6. The van der Waals surface area contributed by atoms with Crippen LogP contribution in [0, 0.1) is 0 Å². The van der Waals surface area contributed by atoms with Gasteiger partial charge < -0.3 is 5.32 Å². The predicted molar refractivity (Wildman–Crippen MR) is 65.1 cm³/mol. The molecule has 0 aromatic carbocycles. The van der Waals surface area contributed by atoms with E-state index in [0.29, 0.717) is 0 Å². The van der Waals surface area contributed by atoms with E-state index in [0.717, 1.165) is 12.4 Å². The normalized spacial score (nSPS) is 10.6. The first kappa shape index (κ1) is 13.6. The Labute approximate surface area is 92.0 Å². The van der Waals surface area contributed by atoms with Crippen LogP contribution in [0.25, 0.3) is 0 Å². The molecule has 0 saturated carbocycles. The number of hydrogen-bond acceptors (Lipinski definition) is 2. The van der Waals surface area contributed by atoms with Crippen LogP contribution < -0.4 is 5.32 Å². The summed E-state index contributed by atoms with van der Waals surface area (Å²) in [6, 6.07) is 0. The first-order chi connectivity index (χ1) is 6.41. The van der Waals surface area contributed by atoms with Crippen molar-refractivity contribution in [2.45, 2.75) is 32.6 Å². The molecule has 0 aliphatic rings. The van der Waals surface area contributed by atoms with Crippen molar-refractivity contribution in [3.63, 3.8) is 0 Å². The van der Waals surface area contributed by atoms with E-state index >= 15 is 0 Å². The monoisotopic (exact) mass is 223 g/mol.